The maximum Gasteiger partial charge on any atom is 0.227 e. The smallest absolute Gasteiger partial charge is 0.227 e. The van der Waals surface area contributed by atoms with E-state index in [0.717, 1.165) is 25.0 Å². The van der Waals surface area contributed by atoms with Gasteiger partial charge in [0, 0.05) is 25.7 Å². The summed E-state index contributed by atoms with van der Waals surface area (Å²) in [4.78, 5) is 14.5. The second kappa shape index (κ2) is 7.57. The Morgan fingerprint density at radius 2 is 2.14 bits per heavy atom. The molecule has 3 unspecified atom stereocenters. The van der Waals surface area contributed by atoms with Crippen LogP contribution in [0.2, 0.25) is 0 Å². The molecule has 0 aliphatic carbocycles. The van der Waals surface area contributed by atoms with Crippen molar-refractivity contribution >= 4 is 5.91 Å². The van der Waals surface area contributed by atoms with Gasteiger partial charge in [-0.25, -0.2) is 0 Å². The minimum absolute atomic E-state index is 0.115. The summed E-state index contributed by atoms with van der Waals surface area (Å²) in [6.45, 7) is 6.12. The molecular formula is C17H26N2O2. The molecule has 0 bridgehead atoms. The fourth-order valence-corrected chi connectivity index (χ4v) is 2.81. The van der Waals surface area contributed by atoms with E-state index in [0.29, 0.717) is 13.1 Å². The standard InChI is InChI=1S/C17H26N2O2/c1-3-19(12-15-10-7-11-21-15)17(20)13(2)16(18)14-8-5-4-6-9-14/h4-6,8-9,13,15-16H,3,7,10-12,18H2,1-2H3. The molecule has 1 aliphatic heterocycles. The number of hydrogen-bond donors (Lipinski definition) is 1. The fraction of sp³-hybridized carbons (Fsp3) is 0.588. The lowest BCUT2D eigenvalue weighted by Gasteiger charge is -2.29. The quantitative estimate of drug-likeness (QED) is 0.875. The molecule has 2 rings (SSSR count). The number of amides is 1. The van der Waals surface area contributed by atoms with Gasteiger partial charge in [0.1, 0.15) is 0 Å². The van der Waals surface area contributed by atoms with E-state index < -0.39 is 0 Å². The predicted molar refractivity (Wildman–Crippen MR) is 83.8 cm³/mol. The lowest BCUT2D eigenvalue weighted by molar-refractivity contribution is -0.137. The highest BCUT2D eigenvalue weighted by molar-refractivity contribution is 5.79. The highest BCUT2D eigenvalue weighted by Crippen LogP contribution is 2.22. The van der Waals surface area contributed by atoms with Gasteiger partial charge in [-0.15, -0.1) is 0 Å². The minimum Gasteiger partial charge on any atom is -0.376 e. The van der Waals surface area contributed by atoms with Gasteiger partial charge in [-0.1, -0.05) is 37.3 Å². The number of benzene rings is 1. The maximum absolute atomic E-state index is 12.7. The first kappa shape index (κ1) is 16.0. The normalized spacial score (nSPS) is 21.0. The Morgan fingerprint density at radius 1 is 1.43 bits per heavy atom. The Kier molecular flexibility index (Phi) is 5.76. The van der Waals surface area contributed by atoms with Crippen molar-refractivity contribution in [2.75, 3.05) is 19.7 Å². The van der Waals surface area contributed by atoms with Gasteiger partial charge < -0.3 is 15.4 Å². The van der Waals surface area contributed by atoms with Crippen LogP contribution < -0.4 is 5.73 Å². The minimum atomic E-state index is -0.266. The number of rotatable bonds is 6. The first-order valence-corrected chi connectivity index (χ1v) is 7.84. The summed E-state index contributed by atoms with van der Waals surface area (Å²) in [6.07, 6.45) is 2.33. The molecule has 116 valence electrons. The molecule has 0 aromatic heterocycles. The number of nitrogens with two attached hydrogens (primary N) is 1. The van der Waals surface area contributed by atoms with Crippen LogP contribution in [-0.2, 0) is 9.53 Å². The second-order valence-corrected chi connectivity index (χ2v) is 5.74. The molecule has 0 saturated carbocycles. The molecule has 1 saturated heterocycles. The van der Waals surface area contributed by atoms with Crippen molar-refractivity contribution in [2.24, 2.45) is 11.7 Å². The van der Waals surface area contributed by atoms with Gasteiger partial charge in [0.15, 0.2) is 0 Å². The highest BCUT2D eigenvalue weighted by Gasteiger charge is 2.28. The third-order valence-electron chi connectivity index (χ3n) is 4.25. The molecule has 1 heterocycles. The van der Waals surface area contributed by atoms with Crippen molar-refractivity contribution < 1.29 is 9.53 Å². The Hall–Kier alpha value is -1.39. The van der Waals surface area contributed by atoms with Crippen LogP contribution in [0.25, 0.3) is 0 Å². The zero-order valence-corrected chi connectivity index (χ0v) is 13.0. The van der Waals surface area contributed by atoms with Crippen LogP contribution in [-0.4, -0.2) is 36.6 Å². The largest absolute Gasteiger partial charge is 0.376 e. The topological polar surface area (TPSA) is 55.6 Å². The van der Waals surface area contributed by atoms with Gasteiger partial charge in [-0.3, -0.25) is 4.79 Å². The van der Waals surface area contributed by atoms with Crippen LogP contribution in [0.1, 0.15) is 38.3 Å². The summed E-state index contributed by atoms with van der Waals surface area (Å²) >= 11 is 0. The highest BCUT2D eigenvalue weighted by atomic mass is 16.5. The SMILES string of the molecule is CCN(CC1CCCO1)C(=O)C(C)C(N)c1ccccc1. The van der Waals surface area contributed by atoms with Gasteiger partial charge in [0.05, 0.1) is 12.0 Å². The predicted octanol–water partition coefficient (Wildman–Crippen LogP) is 2.35. The van der Waals surface area contributed by atoms with Gasteiger partial charge in [0.2, 0.25) is 5.91 Å². The maximum atomic E-state index is 12.7. The zero-order chi connectivity index (χ0) is 15.2. The molecule has 0 spiro atoms. The second-order valence-electron chi connectivity index (χ2n) is 5.74. The molecular weight excluding hydrogens is 264 g/mol. The molecule has 4 heteroatoms. The summed E-state index contributed by atoms with van der Waals surface area (Å²) in [5, 5.41) is 0. The van der Waals surface area contributed by atoms with Crippen molar-refractivity contribution in [3.05, 3.63) is 35.9 Å². The molecule has 0 radical (unpaired) electrons. The molecule has 4 nitrogen and oxygen atoms in total. The number of carbonyl (C=O) groups is 1. The third kappa shape index (κ3) is 4.05. The lowest BCUT2D eigenvalue weighted by atomic mass is 9.94. The van der Waals surface area contributed by atoms with E-state index in [2.05, 4.69) is 0 Å². The Bertz CT molecular complexity index is 443. The molecule has 1 fully saturated rings. The van der Waals surface area contributed by atoms with Crippen molar-refractivity contribution in [1.29, 1.82) is 0 Å². The van der Waals surface area contributed by atoms with E-state index in [1.54, 1.807) is 0 Å². The van der Waals surface area contributed by atoms with E-state index in [4.69, 9.17) is 10.5 Å². The molecule has 2 N–H and O–H groups in total. The first-order valence-electron chi connectivity index (χ1n) is 7.84. The average Bonchev–Trinajstić information content (AvgIpc) is 3.04. The molecule has 3 atom stereocenters. The van der Waals surface area contributed by atoms with Gasteiger partial charge in [-0.2, -0.15) is 0 Å². The van der Waals surface area contributed by atoms with E-state index in [9.17, 15) is 4.79 Å². The van der Waals surface area contributed by atoms with E-state index >= 15 is 0 Å². The average molecular weight is 290 g/mol. The van der Waals surface area contributed by atoms with Gasteiger partial charge in [-0.05, 0) is 25.3 Å². The Morgan fingerprint density at radius 3 is 2.71 bits per heavy atom. The van der Waals surface area contributed by atoms with Crippen LogP contribution in [0.15, 0.2) is 30.3 Å². The third-order valence-corrected chi connectivity index (χ3v) is 4.25. The van der Waals surface area contributed by atoms with Crippen LogP contribution >= 0.6 is 0 Å². The molecule has 21 heavy (non-hydrogen) atoms. The Labute approximate surface area is 127 Å². The summed E-state index contributed by atoms with van der Waals surface area (Å²) in [6, 6.07) is 9.55. The van der Waals surface area contributed by atoms with Crippen molar-refractivity contribution in [3.8, 4) is 0 Å². The van der Waals surface area contributed by atoms with Crippen molar-refractivity contribution in [2.45, 2.75) is 38.8 Å². The van der Waals surface area contributed by atoms with Crippen molar-refractivity contribution in [3.63, 3.8) is 0 Å². The number of ether oxygens (including phenoxy) is 1. The van der Waals surface area contributed by atoms with E-state index in [1.165, 1.54) is 0 Å². The monoisotopic (exact) mass is 290 g/mol. The summed E-state index contributed by atoms with van der Waals surface area (Å²) in [7, 11) is 0. The number of hydrogen-bond acceptors (Lipinski definition) is 3. The zero-order valence-electron chi connectivity index (χ0n) is 13.0. The summed E-state index contributed by atoms with van der Waals surface area (Å²) in [5.74, 6) is -0.113. The molecule has 1 aromatic carbocycles. The van der Waals surface area contributed by atoms with E-state index in [-0.39, 0.29) is 24.0 Å². The molecule has 1 aliphatic rings. The van der Waals surface area contributed by atoms with Crippen LogP contribution in [0.5, 0.6) is 0 Å². The lowest BCUT2D eigenvalue weighted by Crippen LogP contribution is -2.42. The fourth-order valence-electron chi connectivity index (χ4n) is 2.81. The molecule has 1 amide bonds. The first-order chi connectivity index (χ1) is 10.1. The van der Waals surface area contributed by atoms with Crippen LogP contribution in [0, 0.1) is 5.92 Å². The van der Waals surface area contributed by atoms with Crippen molar-refractivity contribution in [1.82, 2.24) is 4.90 Å². The van der Waals surface area contributed by atoms with Gasteiger partial charge in [0.25, 0.3) is 0 Å². The summed E-state index contributed by atoms with van der Waals surface area (Å²) in [5.41, 5.74) is 7.27. The van der Waals surface area contributed by atoms with Crippen LogP contribution in [0.4, 0.5) is 0 Å². The van der Waals surface area contributed by atoms with Gasteiger partial charge >= 0.3 is 0 Å². The number of nitrogens with zero attached hydrogens (tertiary/aromatic N) is 1. The number of carbonyl (C=O) groups excluding carboxylic acids is 1. The Balaban J connectivity index is 1.98. The van der Waals surface area contributed by atoms with E-state index in [1.807, 2.05) is 49.1 Å². The number of likely N-dealkylation sites (N-methyl/N-ethyl adjacent to an activating group) is 1. The van der Waals surface area contributed by atoms with Crippen LogP contribution in [0.3, 0.4) is 0 Å². The molecule has 1 aromatic rings. The summed E-state index contributed by atoms with van der Waals surface area (Å²) < 4.78 is 5.64.